The molecule has 96 heavy (non-hydrogen) atoms. The summed E-state index contributed by atoms with van der Waals surface area (Å²) in [6.07, 6.45) is 1.64. The summed E-state index contributed by atoms with van der Waals surface area (Å²) < 4.78 is 82.7. The minimum Gasteiger partial charge on any atom is -0.493 e. The minimum atomic E-state index is -0.970. The van der Waals surface area contributed by atoms with Crippen LogP contribution in [0.2, 0.25) is 0 Å². The van der Waals surface area contributed by atoms with Crippen LogP contribution in [0.3, 0.4) is 0 Å². The fourth-order valence-corrected chi connectivity index (χ4v) is 10.5. The maximum absolute atomic E-state index is 14.0. The average molecular weight is 1310 g/mol. The molecule has 0 aliphatic heterocycles. The van der Waals surface area contributed by atoms with Crippen LogP contribution in [-0.4, -0.2) is 74.2 Å². The maximum Gasteiger partial charge on any atom is 0.326 e. The number of rotatable bonds is 20. The summed E-state index contributed by atoms with van der Waals surface area (Å²) in [6, 6.07) is 27.4. The van der Waals surface area contributed by atoms with E-state index in [1.54, 1.807) is 48.5 Å². The van der Waals surface area contributed by atoms with Crippen LogP contribution in [0.1, 0.15) is 139 Å². The van der Waals surface area contributed by atoms with Crippen molar-refractivity contribution in [3.63, 3.8) is 0 Å². The largest absolute Gasteiger partial charge is 0.493 e. The average Bonchev–Trinajstić information content (AvgIpc) is 0.778. The molecule has 9 rings (SSSR count). The zero-order valence-corrected chi connectivity index (χ0v) is 52.8. The van der Waals surface area contributed by atoms with Gasteiger partial charge in [-0.3, -0.25) is 40.4 Å². The van der Waals surface area contributed by atoms with Crippen molar-refractivity contribution >= 4 is 70.5 Å². The maximum atomic E-state index is 14.0. The number of benzene rings is 8. The molecule has 0 aromatic heterocycles. The number of imide groups is 4. The molecule has 0 radical (unpaired) electrons. The summed E-state index contributed by atoms with van der Waals surface area (Å²) in [5.74, 6) is -4.51. The molecular formula is C72H68F4N8O12. The fraction of sp³-hybridized carbons (Fsp3) is 0.222. The Morgan fingerprint density at radius 1 is 0.292 bits per heavy atom. The van der Waals surface area contributed by atoms with Crippen LogP contribution in [0, 0.1) is 23.3 Å². The van der Waals surface area contributed by atoms with Gasteiger partial charge in [0.1, 0.15) is 46.3 Å². The standard InChI is InChI=1S/C72H68F4N8O12/c1-5-25-93-61-45-29-47-35-58(78-70(90)82-66(86)42-11-19-54(74)20-12-42)37-49(62(47)94-26-6-2)31-51-39-60(80-72(92)84-68(88)44-15-23-56(76)24-16-44)40-52(64(51)96-28-8-4)32-50-38-59(79-71(91)83-67(87)43-13-21-55(75)22-14-43)36-48(63(50)95-27-7-3)30-46(61)34-57(33-45)77-69(89)81-65(85)41-9-17-53(73)18-10-41/h9-24,33-40H,5-8,25-32H2,1-4H3,(H2,77,81,85,89)(H2,78,82,86,90)(H2,79,83,87,91)(H2,80,84,88,92). The summed E-state index contributed by atoms with van der Waals surface area (Å²) in [4.78, 5) is 110. The summed E-state index contributed by atoms with van der Waals surface area (Å²) in [5.41, 5.74) is 3.83. The highest BCUT2D eigenvalue weighted by Gasteiger charge is 2.27. The second-order valence-electron chi connectivity index (χ2n) is 22.3. The Morgan fingerprint density at radius 2 is 0.458 bits per heavy atom. The molecule has 8 aromatic carbocycles. The van der Waals surface area contributed by atoms with Crippen LogP contribution >= 0.6 is 0 Å². The Bertz CT molecular complexity index is 3600. The number of ether oxygens (including phenoxy) is 4. The van der Waals surface area contributed by atoms with Crippen molar-refractivity contribution in [1.29, 1.82) is 0 Å². The van der Waals surface area contributed by atoms with Gasteiger partial charge in [0.2, 0.25) is 0 Å². The van der Waals surface area contributed by atoms with Crippen molar-refractivity contribution < 1.29 is 74.9 Å². The third-order valence-corrected chi connectivity index (χ3v) is 14.7. The lowest BCUT2D eigenvalue weighted by molar-refractivity contribution is 0.0957. The van der Waals surface area contributed by atoms with Gasteiger partial charge < -0.3 is 40.2 Å². The van der Waals surface area contributed by atoms with Crippen LogP contribution in [0.4, 0.5) is 59.5 Å². The number of hydrogen-bond donors (Lipinski definition) is 8. The number of carbonyl (C=O) groups is 8. The van der Waals surface area contributed by atoms with Gasteiger partial charge in [-0.25, -0.2) is 36.7 Å². The lowest BCUT2D eigenvalue weighted by atomic mass is 9.90. The monoisotopic (exact) mass is 1310 g/mol. The van der Waals surface area contributed by atoms with Gasteiger partial charge in [-0.05, 0) is 171 Å². The highest BCUT2D eigenvalue weighted by Crippen LogP contribution is 2.43. The highest BCUT2D eigenvalue weighted by atomic mass is 19.1. The molecule has 8 aromatic rings. The van der Waals surface area contributed by atoms with Crippen molar-refractivity contribution in [2.24, 2.45) is 0 Å². The molecule has 0 heterocycles. The molecule has 1 aliphatic carbocycles. The summed E-state index contributed by atoms with van der Waals surface area (Å²) in [5, 5.41) is 20.3. The third-order valence-electron chi connectivity index (χ3n) is 14.7. The molecule has 8 N–H and O–H groups in total. The number of urea groups is 4. The molecule has 8 bridgehead atoms. The topological polar surface area (TPSA) is 270 Å². The molecule has 24 heteroatoms. The van der Waals surface area contributed by atoms with Gasteiger partial charge in [0.05, 0.1) is 26.4 Å². The number of hydrogen-bond acceptors (Lipinski definition) is 12. The van der Waals surface area contributed by atoms with E-state index in [4.69, 9.17) is 18.9 Å². The summed E-state index contributed by atoms with van der Waals surface area (Å²) in [6.45, 7) is 8.24. The zero-order valence-electron chi connectivity index (χ0n) is 52.8. The Labute approximate surface area is 549 Å². The highest BCUT2D eigenvalue weighted by molar-refractivity contribution is 6.10. The van der Waals surface area contributed by atoms with Gasteiger partial charge in [-0.2, -0.15) is 0 Å². The first kappa shape index (κ1) is 68.8. The van der Waals surface area contributed by atoms with Gasteiger partial charge in [0, 0.05) is 115 Å². The Morgan fingerprint density at radius 3 is 0.615 bits per heavy atom. The molecule has 0 atom stereocenters. The molecule has 0 spiro atoms. The lowest BCUT2D eigenvalue weighted by Crippen LogP contribution is -2.34. The van der Waals surface area contributed by atoms with Gasteiger partial charge in [-0.1, -0.05) is 27.7 Å². The predicted octanol–water partition coefficient (Wildman–Crippen LogP) is 13.9. The first-order valence-corrected chi connectivity index (χ1v) is 30.9. The Hall–Kier alpha value is -11.6. The summed E-state index contributed by atoms with van der Waals surface area (Å²) in [7, 11) is 0. The molecule has 12 amide bonds. The number of carbonyl (C=O) groups excluding carboxylic acids is 8. The molecule has 0 fully saturated rings. The van der Waals surface area contributed by atoms with E-state index in [0.717, 1.165) is 48.5 Å². The van der Waals surface area contributed by atoms with Crippen molar-refractivity contribution in [2.75, 3.05) is 47.7 Å². The van der Waals surface area contributed by atoms with Crippen LogP contribution in [0.15, 0.2) is 146 Å². The van der Waals surface area contributed by atoms with Crippen molar-refractivity contribution in [2.45, 2.75) is 79.1 Å². The van der Waals surface area contributed by atoms with E-state index >= 15 is 0 Å². The van der Waals surface area contributed by atoms with E-state index < -0.39 is 71.0 Å². The van der Waals surface area contributed by atoms with Gasteiger partial charge in [0.25, 0.3) is 23.6 Å². The van der Waals surface area contributed by atoms with E-state index in [2.05, 4.69) is 42.5 Å². The minimum absolute atomic E-state index is 0.0117. The Balaban J connectivity index is 1.28. The third kappa shape index (κ3) is 18.4. The molecule has 0 unspecified atom stereocenters. The molecule has 0 saturated carbocycles. The molecule has 496 valence electrons. The van der Waals surface area contributed by atoms with E-state index in [1.165, 1.54) is 48.5 Å². The molecule has 1 aliphatic rings. The van der Waals surface area contributed by atoms with Crippen LogP contribution < -0.4 is 61.5 Å². The van der Waals surface area contributed by atoms with Gasteiger partial charge in [-0.15, -0.1) is 0 Å². The number of fused-ring (bicyclic) bond motifs is 8. The first-order valence-electron chi connectivity index (χ1n) is 30.9. The first-order chi connectivity index (χ1) is 46.3. The second kappa shape index (κ2) is 32.3. The number of nitrogens with one attached hydrogen (secondary N) is 8. The molecule has 0 saturated heterocycles. The number of amides is 12. The predicted molar refractivity (Wildman–Crippen MR) is 352 cm³/mol. The van der Waals surface area contributed by atoms with E-state index in [1.807, 2.05) is 27.7 Å². The van der Waals surface area contributed by atoms with Crippen LogP contribution in [0.5, 0.6) is 23.0 Å². The van der Waals surface area contributed by atoms with Crippen LogP contribution in [0.25, 0.3) is 0 Å². The summed E-state index contributed by atoms with van der Waals surface area (Å²) >= 11 is 0. The van der Waals surface area contributed by atoms with Crippen molar-refractivity contribution in [3.05, 3.63) is 236 Å². The van der Waals surface area contributed by atoms with E-state index in [0.29, 0.717) is 93.2 Å². The van der Waals surface area contributed by atoms with Crippen molar-refractivity contribution in [1.82, 2.24) is 21.3 Å². The smallest absolute Gasteiger partial charge is 0.326 e. The Kier molecular flexibility index (Phi) is 23.2. The number of anilines is 4. The fourth-order valence-electron chi connectivity index (χ4n) is 10.5. The SMILES string of the molecule is CCCOc1c2cc(NC(=O)NC(=O)c3ccc(F)cc3)cc1Cc1cc(NC(=O)NC(=O)c3ccc(F)cc3)cc(c1OCCC)Cc1cc(NC(=O)NC(=O)c3ccc(F)cc3)cc(c1OCCC)Cc1cc(NC(=O)NC(=O)c3ccc(F)cc3)cc(c1OCCC)C2. The number of halogens is 4. The van der Waals surface area contributed by atoms with Crippen LogP contribution in [-0.2, 0) is 25.7 Å². The lowest BCUT2D eigenvalue weighted by Gasteiger charge is -2.25. The zero-order chi connectivity index (χ0) is 68.4. The second-order valence-corrected chi connectivity index (χ2v) is 22.3. The van der Waals surface area contributed by atoms with Gasteiger partial charge >= 0.3 is 24.1 Å². The normalized spacial score (nSPS) is 11.4. The van der Waals surface area contributed by atoms with Gasteiger partial charge in [0.15, 0.2) is 0 Å². The molecule has 20 nitrogen and oxygen atoms in total. The molecular weight excluding hydrogens is 1240 g/mol. The van der Waals surface area contributed by atoms with E-state index in [-0.39, 0.29) is 97.1 Å². The van der Waals surface area contributed by atoms with Crippen molar-refractivity contribution in [3.8, 4) is 23.0 Å². The quantitative estimate of drug-likeness (QED) is 0.0331. The van der Waals surface area contributed by atoms with E-state index in [9.17, 15) is 55.9 Å².